The van der Waals surface area contributed by atoms with Gasteiger partial charge in [-0.2, -0.15) is 5.10 Å². The molecule has 5 heteroatoms. The predicted octanol–water partition coefficient (Wildman–Crippen LogP) is 1.60. The Kier molecular flexibility index (Phi) is 3.52. The highest BCUT2D eigenvalue weighted by Crippen LogP contribution is 2.34. The van der Waals surface area contributed by atoms with Crippen molar-refractivity contribution in [3.63, 3.8) is 0 Å². The molecule has 0 atom stereocenters. The Morgan fingerprint density at radius 3 is 2.44 bits per heavy atom. The highest BCUT2D eigenvalue weighted by molar-refractivity contribution is 5.64. The summed E-state index contributed by atoms with van der Waals surface area (Å²) in [7, 11) is 6.28. The molecule has 0 aliphatic heterocycles. The second kappa shape index (κ2) is 4.80. The van der Waals surface area contributed by atoms with Crippen molar-refractivity contribution in [1.29, 1.82) is 0 Å². The van der Waals surface area contributed by atoms with E-state index in [2.05, 4.69) is 29.4 Å². The molecule has 0 radical (unpaired) electrons. The van der Waals surface area contributed by atoms with Crippen molar-refractivity contribution < 1.29 is 0 Å². The fourth-order valence-electron chi connectivity index (χ4n) is 2.95. The first-order valence-electron chi connectivity index (χ1n) is 6.67. The molecular weight excluding hydrogens is 226 g/mol. The Labute approximate surface area is 109 Å². The van der Waals surface area contributed by atoms with E-state index in [1.54, 1.807) is 0 Å². The Morgan fingerprint density at radius 2 is 2.00 bits per heavy atom. The van der Waals surface area contributed by atoms with Crippen LogP contribution in [0.5, 0.6) is 0 Å². The largest absolute Gasteiger partial charge is 0.394 e. The van der Waals surface area contributed by atoms with Crippen LogP contribution in [-0.2, 0) is 7.05 Å². The third-order valence-electron chi connectivity index (χ3n) is 4.34. The van der Waals surface area contributed by atoms with Gasteiger partial charge in [0.1, 0.15) is 5.82 Å². The molecule has 0 saturated heterocycles. The van der Waals surface area contributed by atoms with Gasteiger partial charge in [-0.1, -0.05) is 12.8 Å². The van der Waals surface area contributed by atoms with Crippen molar-refractivity contribution >= 4 is 11.5 Å². The minimum absolute atomic E-state index is 0.268. The maximum Gasteiger partial charge on any atom is 0.147 e. The van der Waals surface area contributed by atoms with Crippen molar-refractivity contribution in [2.45, 2.75) is 38.1 Å². The molecule has 1 saturated carbocycles. The summed E-state index contributed by atoms with van der Waals surface area (Å²) >= 11 is 0. The molecule has 1 heterocycles. The average Bonchev–Trinajstić information content (AvgIpc) is 2.86. The van der Waals surface area contributed by atoms with Gasteiger partial charge in [0, 0.05) is 19.1 Å². The molecule has 2 rings (SSSR count). The summed E-state index contributed by atoms with van der Waals surface area (Å²) in [6.07, 6.45) is 5.15. The maximum absolute atomic E-state index is 6.05. The molecule has 1 aromatic heterocycles. The molecule has 1 aromatic rings. The Bertz CT molecular complexity index is 415. The minimum Gasteiger partial charge on any atom is -0.394 e. The molecule has 0 aromatic carbocycles. The zero-order valence-corrected chi connectivity index (χ0v) is 12.0. The van der Waals surface area contributed by atoms with Gasteiger partial charge < -0.3 is 16.0 Å². The van der Waals surface area contributed by atoms with Gasteiger partial charge in [-0.3, -0.25) is 4.68 Å². The van der Waals surface area contributed by atoms with Crippen molar-refractivity contribution in [1.82, 2.24) is 14.7 Å². The zero-order chi connectivity index (χ0) is 13.3. The lowest BCUT2D eigenvalue weighted by molar-refractivity contribution is 0.172. The fourth-order valence-corrected chi connectivity index (χ4v) is 2.95. The molecule has 1 fully saturated rings. The Morgan fingerprint density at radius 1 is 1.39 bits per heavy atom. The van der Waals surface area contributed by atoms with Crippen LogP contribution < -0.4 is 11.1 Å². The van der Waals surface area contributed by atoms with Crippen LogP contribution in [0, 0.1) is 6.92 Å². The summed E-state index contributed by atoms with van der Waals surface area (Å²) in [6, 6.07) is 0. The molecule has 0 unspecified atom stereocenters. The molecule has 18 heavy (non-hydrogen) atoms. The summed E-state index contributed by atoms with van der Waals surface area (Å²) in [5, 5.41) is 7.84. The van der Waals surface area contributed by atoms with Crippen LogP contribution in [-0.4, -0.2) is 40.9 Å². The number of rotatable bonds is 4. The normalized spacial score (nSPS) is 18.5. The van der Waals surface area contributed by atoms with Crippen LogP contribution in [0.15, 0.2) is 0 Å². The number of hydrogen-bond donors (Lipinski definition) is 2. The molecule has 3 N–H and O–H groups in total. The van der Waals surface area contributed by atoms with E-state index in [1.165, 1.54) is 25.7 Å². The highest BCUT2D eigenvalue weighted by Gasteiger charge is 2.36. The first kappa shape index (κ1) is 13.2. The first-order chi connectivity index (χ1) is 8.46. The first-order valence-corrected chi connectivity index (χ1v) is 6.67. The van der Waals surface area contributed by atoms with Crippen LogP contribution in [0.4, 0.5) is 11.5 Å². The number of nitrogens with two attached hydrogens (primary N) is 1. The second-order valence-corrected chi connectivity index (χ2v) is 5.65. The average molecular weight is 251 g/mol. The number of nitrogen functional groups attached to an aromatic ring is 1. The molecule has 0 spiro atoms. The van der Waals surface area contributed by atoms with E-state index >= 15 is 0 Å². The van der Waals surface area contributed by atoms with E-state index in [9.17, 15) is 0 Å². The SMILES string of the molecule is Cc1nn(C)c(NCC2(N(C)C)CCCC2)c1N. The van der Waals surface area contributed by atoms with Crippen LogP contribution in [0.3, 0.4) is 0 Å². The maximum atomic E-state index is 6.05. The Hall–Kier alpha value is -1.23. The van der Waals surface area contributed by atoms with Gasteiger partial charge in [0.15, 0.2) is 0 Å². The van der Waals surface area contributed by atoms with Crippen LogP contribution in [0.1, 0.15) is 31.4 Å². The lowest BCUT2D eigenvalue weighted by Gasteiger charge is -2.36. The molecule has 0 amide bonds. The standard InChI is InChI=1S/C13H25N5/c1-10-11(14)12(18(4)16-10)15-9-13(17(2)3)7-5-6-8-13/h15H,5-9,14H2,1-4H3. The molecule has 0 bridgehead atoms. The van der Waals surface area contributed by atoms with Gasteiger partial charge in [0.25, 0.3) is 0 Å². The summed E-state index contributed by atoms with van der Waals surface area (Å²) in [5.41, 5.74) is 7.98. The summed E-state index contributed by atoms with van der Waals surface area (Å²) in [4.78, 5) is 2.35. The van der Waals surface area contributed by atoms with Gasteiger partial charge in [-0.25, -0.2) is 0 Å². The molecular formula is C13H25N5. The topological polar surface area (TPSA) is 59.1 Å². The zero-order valence-electron chi connectivity index (χ0n) is 12.0. The smallest absolute Gasteiger partial charge is 0.147 e. The van der Waals surface area contributed by atoms with E-state index < -0.39 is 0 Å². The number of anilines is 2. The van der Waals surface area contributed by atoms with Gasteiger partial charge >= 0.3 is 0 Å². The number of aryl methyl sites for hydroxylation is 2. The van der Waals surface area contributed by atoms with Crippen molar-refractivity contribution in [2.75, 3.05) is 31.7 Å². The monoisotopic (exact) mass is 251 g/mol. The minimum atomic E-state index is 0.268. The third kappa shape index (κ3) is 2.19. The third-order valence-corrected chi connectivity index (χ3v) is 4.34. The fraction of sp³-hybridized carbons (Fsp3) is 0.769. The second-order valence-electron chi connectivity index (χ2n) is 5.65. The lowest BCUT2D eigenvalue weighted by Crippen LogP contribution is -2.47. The lowest BCUT2D eigenvalue weighted by atomic mass is 9.96. The van der Waals surface area contributed by atoms with Gasteiger partial charge in [0.2, 0.25) is 0 Å². The van der Waals surface area contributed by atoms with Gasteiger partial charge in [-0.15, -0.1) is 0 Å². The summed E-state index contributed by atoms with van der Waals surface area (Å²) in [5.74, 6) is 0.945. The number of hydrogen-bond acceptors (Lipinski definition) is 4. The Balaban J connectivity index is 2.10. The van der Waals surface area contributed by atoms with Crippen molar-refractivity contribution in [3.05, 3.63) is 5.69 Å². The number of likely N-dealkylation sites (N-methyl/N-ethyl adjacent to an activating group) is 1. The quantitative estimate of drug-likeness (QED) is 0.853. The molecule has 1 aliphatic carbocycles. The van der Waals surface area contributed by atoms with Crippen molar-refractivity contribution in [3.8, 4) is 0 Å². The molecule has 102 valence electrons. The van der Waals surface area contributed by atoms with Gasteiger partial charge in [-0.05, 0) is 33.9 Å². The van der Waals surface area contributed by atoms with E-state index in [0.29, 0.717) is 0 Å². The van der Waals surface area contributed by atoms with Crippen LogP contribution >= 0.6 is 0 Å². The van der Waals surface area contributed by atoms with Gasteiger partial charge in [0.05, 0.1) is 11.4 Å². The van der Waals surface area contributed by atoms with Crippen LogP contribution in [0.25, 0.3) is 0 Å². The molecule has 1 aliphatic rings. The highest BCUT2D eigenvalue weighted by atomic mass is 15.3. The number of aromatic nitrogens is 2. The summed E-state index contributed by atoms with van der Waals surface area (Å²) in [6.45, 7) is 2.88. The van der Waals surface area contributed by atoms with E-state index in [1.807, 2.05) is 18.7 Å². The predicted molar refractivity (Wildman–Crippen MR) is 75.7 cm³/mol. The summed E-state index contributed by atoms with van der Waals surface area (Å²) < 4.78 is 1.84. The van der Waals surface area contributed by atoms with E-state index in [-0.39, 0.29) is 5.54 Å². The number of nitrogens with zero attached hydrogens (tertiary/aromatic N) is 3. The van der Waals surface area contributed by atoms with E-state index in [4.69, 9.17) is 5.73 Å². The van der Waals surface area contributed by atoms with E-state index in [0.717, 1.165) is 23.7 Å². The van der Waals surface area contributed by atoms with Crippen molar-refractivity contribution in [2.24, 2.45) is 7.05 Å². The van der Waals surface area contributed by atoms with Crippen LogP contribution in [0.2, 0.25) is 0 Å². The number of nitrogens with one attached hydrogen (secondary N) is 1. The molecule has 5 nitrogen and oxygen atoms in total.